The number of hydrogen-bond donors (Lipinski definition) is 0. The van der Waals surface area contributed by atoms with Crippen molar-refractivity contribution in [1.29, 1.82) is 0 Å². The molecule has 6 nitrogen and oxygen atoms in total. The smallest absolute Gasteiger partial charge is 0.310 e. The van der Waals surface area contributed by atoms with Crippen LogP contribution in [0.2, 0.25) is 0 Å². The van der Waals surface area contributed by atoms with Crippen molar-refractivity contribution in [1.82, 2.24) is 9.97 Å². The van der Waals surface area contributed by atoms with Gasteiger partial charge in [0.05, 0.1) is 36.7 Å². The Morgan fingerprint density at radius 1 is 1.05 bits per heavy atom. The highest BCUT2D eigenvalue weighted by atomic mass is 16.5. The van der Waals surface area contributed by atoms with Gasteiger partial charge >= 0.3 is 5.97 Å². The van der Waals surface area contributed by atoms with E-state index >= 15 is 0 Å². The molecule has 1 aromatic carbocycles. The van der Waals surface area contributed by atoms with E-state index in [1.165, 1.54) is 11.1 Å². The van der Waals surface area contributed by atoms with Crippen LogP contribution in [0.15, 0.2) is 48.8 Å². The van der Waals surface area contributed by atoms with Crippen LogP contribution in [0.25, 0.3) is 11.3 Å². The van der Waals surface area contributed by atoms with Crippen molar-refractivity contribution in [2.75, 3.05) is 24.6 Å². The molecule has 0 spiro atoms. The van der Waals surface area contributed by atoms with E-state index < -0.39 is 0 Å². The van der Waals surface area contributed by atoms with E-state index in [2.05, 4.69) is 54.9 Å². The van der Waals surface area contributed by atoms with Gasteiger partial charge in [-0.3, -0.25) is 14.8 Å². The second-order valence-corrected chi connectivity index (χ2v) is 11.4. The number of anilines is 1. The SMILES string of the molecule is Cc1cccc(CCOc2ccc(-c3cnc(C)c(CC(=O)OC(C)C)c3N3CCC(C)(C)CC3)nc2)c1. The predicted molar refractivity (Wildman–Crippen MR) is 153 cm³/mol. The lowest BCUT2D eigenvalue weighted by molar-refractivity contribution is -0.146. The summed E-state index contributed by atoms with van der Waals surface area (Å²) in [6.45, 7) is 14.9. The van der Waals surface area contributed by atoms with Crippen molar-refractivity contribution in [3.63, 3.8) is 0 Å². The number of piperidine rings is 1. The maximum atomic E-state index is 12.7. The first-order valence-corrected chi connectivity index (χ1v) is 13.7. The van der Waals surface area contributed by atoms with Crippen molar-refractivity contribution in [3.8, 4) is 17.0 Å². The normalized spacial score (nSPS) is 15.0. The number of carbonyl (C=O) groups excluding carboxylic acids is 1. The molecular formula is C32H41N3O3. The highest BCUT2D eigenvalue weighted by Crippen LogP contribution is 2.39. The van der Waals surface area contributed by atoms with Gasteiger partial charge < -0.3 is 14.4 Å². The third-order valence-corrected chi connectivity index (χ3v) is 7.24. The maximum Gasteiger partial charge on any atom is 0.310 e. The first-order valence-electron chi connectivity index (χ1n) is 13.7. The minimum atomic E-state index is -0.231. The number of nitrogens with zero attached hydrogens (tertiary/aromatic N) is 3. The second-order valence-electron chi connectivity index (χ2n) is 11.4. The molecule has 0 N–H and O–H groups in total. The van der Waals surface area contributed by atoms with Crippen molar-refractivity contribution in [2.45, 2.75) is 73.3 Å². The van der Waals surface area contributed by atoms with Crippen molar-refractivity contribution < 1.29 is 14.3 Å². The van der Waals surface area contributed by atoms with E-state index in [1.54, 1.807) is 6.20 Å². The number of aromatic nitrogens is 2. The molecule has 38 heavy (non-hydrogen) atoms. The summed E-state index contributed by atoms with van der Waals surface area (Å²) in [5, 5.41) is 0. The number of rotatable bonds is 9. The lowest BCUT2D eigenvalue weighted by Gasteiger charge is -2.40. The Morgan fingerprint density at radius 2 is 1.82 bits per heavy atom. The minimum Gasteiger partial charge on any atom is -0.492 e. The van der Waals surface area contributed by atoms with Crippen LogP contribution in [0.4, 0.5) is 5.69 Å². The van der Waals surface area contributed by atoms with E-state index in [-0.39, 0.29) is 18.5 Å². The molecule has 6 heteroatoms. The Bertz CT molecular complexity index is 1240. The highest BCUT2D eigenvalue weighted by molar-refractivity contribution is 5.84. The molecular weight excluding hydrogens is 474 g/mol. The third-order valence-electron chi connectivity index (χ3n) is 7.24. The van der Waals surface area contributed by atoms with Gasteiger partial charge in [-0.2, -0.15) is 0 Å². The first kappa shape index (κ1) is 27.6. The molecule has 202 valence electrons. The van der Waals surface area contributed by atoms with Crippen molar-refractivity contribution >= 4 is 11.7 Å². The Hall–Kier alpha value is -3.41. The second kappa shape index (κ2) is 12.0. The first-order chi connectivity index (χ1) is 18.1. The number of pyridine rings is 2. The number of ether oxygens (including phenoxy) is 2. The molecule has 1 saturated heterocycles. The number of esters is 1. The van der Waals surface area contributed by atoms with Gasteiger partial charge in [0, 0.05) is 42.5 Å². The molecule has 3 aromatic rings. The average molecular weight is 516 g/mol. The molecule has 0 saturated carbocycles. The van der Waals surface area contributed by atoms with Gasteiger partial charge in [-0.1, -0.05) is 43.7 Å². The van der Waals surface area contributed by atoms with Crippen LogP contribution in [-0.4, -0.2) is 41.7 Å². The van der Waals surface area contributed by atoms with Crippen LogP contribution in [0.1, 0.15) is 62.9 Å². The summed E-state index contributed by atoms with van der Waals surface area (Å²) < 4.78 is 11.5. The Labute approximate surface area is 227 Å². The molecule has 1 fully saturated rings. The number of carbonyl (C=O) groups is 1. The molecule has 1 aliphatic heterocycles. The number of benzene rings is 1. The third kappa shape index (κ3) is 7.12. The topological polar surface area (TPSA) is 64.6 Å². The molecule has 0 unspecified atom stereocenters. The van der Waals surface area contributed by atoms with Crippen LogP contribution >= 0.6 is 0 Å². The van der Waals surface area contributed by atoms with Crippen LogP contribution in [-0.2, 0) is 22.4 Å². The van der Waals surface area contributed by atoms with E-state index in [0.717, 1.165) is 66.3 Å². The largest absolute Gasteiger partial charge is 0.492 e. The van der Waals surface area contributed by atoms with Gasteiger partial charge in [0.1, 0.15) is 5.75 Å². The van der Waals surface area contributed by atoms with E-state index in [4.69, 9.17) is 14.5 Å². The molecule has 0 amide bonds. The maximum absolute atomic E-state index is 12.7. The summed E-state index contributed by atoms with van der Waals surface area (Å²) in [5.74, 6) is 0.509. The molecule has 0 atom stereocenters. The van der Waals surface area contributed by atoms with Gasteiger partial charge in [-0.25, -0.2) is 0 Å². The monoisotopic (exact) mass is 515 g/mol. The van der Waals surface area contributed by atoms with Gasteiger partial charge in [0.25, 0.3) is 0 Å². The van der Waals surface area contributed by atoms with E-state index in [9.17, 15) is 4.79 Å². The summed E-state index contributed by atoms with van der Waals surface area (Å²) in [6, 6.07) is 12.4. The number of aryl methyl sites for hydroxylation is 2. The summed E-state index contributed by atoms with van der Waals surface area (Å²) in [4.78, 5) is 24.6. The fourth-order valence-electron chi connectivity index (χ4n) is 4.96. The quantitative estimate of drug-likeness (QED) is 0.303. The van der Waals surface area contributed by atoms with Crippen molar-refractivity contribution in [3.05, 3.63) is 71.2 Å². The summed E-state index contributed by atoms with van der Waals surface area (Å²) >= 11 is 0. The Balaban J connectivity index is 1.58. The zero-order valence-corrected chi connectivity index (χ0v) is 23.7. The Morgan fingerprint density at radius 3 is 2.47 bits per heavy atom. The van der Waals surface area contributed by atoms with E-state index in [0.29, 0.717) is 12.0 Å². The fourth-order valence-corrected chi connectivity index (χ4v) is 4.96. The summed E-state index contributed by atoms with van der Waals surface area (Å²) in [6.07, 6.45) is 6.73. The van der Waals surface area contributed by atoms with Crippen molar-refractivity contribution in [2.24, 2.45) is 5.41 Å². The van der Waals surface area contributed by atoms with Gasteiger partial charge in [-0.15, -0.1) is 0 Å². The summed E-state index contributed by atoms with van der Waals surface area (Å²) in [7, 11) is 0. The zero-order valence-electron chi connectivity index (χ0n) is 23.7. The van der Waals surface area contributed by atoms with Crippen LogP contribution in [0, 0.1) is 19.3 Å². The van der Waals surface area contributed by atoms with Gasteiger partial charge in [0.15, 0.2) is 0 Å². The van der Waals surface area contributed by atoms with Crippen LogP contribution in [0.3, 0.4) is 0 Å². The minimum absolute atomic E-state index is 0.154. The molecule has 0 aliphatic carbocycles. The lowest BCUT2D eigenvalue weighted by atomic mass is 9.82. The molecule has 3 heterocycles. The average Bonchev–Trinajstić information content (AvgIpc) is 2.86. The molecule has 1 aliphatic rings. The molecule has 2 aromatic heterocycles. The predicted octanol–water partition coefficient (Wildman–Crippen LogP) is 6.50. The molecule has 0 radical (unpaired) electrons. The summed E-state index contributed by atoms with van der Waals surface area (Å²) in [5.41, 5.74) is 7.41. The standard InChI is InChI=1S/C32H41N3O3/c1-22(2)38-30(36)19-27-24(4)33-21-28(31(27)35-15-13-32(5,6)14-16-35)29-11-10-26(20-34-29)37-17-12-25-9-7-8-23(3)18-25/h7-11,18,20-22H,12-17,19H2,1-6H3. The zero-order chi connectivity index (χ0) is 27.3. The fraction of sp³-hybridized carbons (Fsp3) is 0.469. The van der Waals surface area contributed by atoms with Gasteiger partial charge in [0.2, 0.25) is 0 Å². The lowest BCUT2D eigenvalue weighted by Crippen LogP contribution is -2.38. The number of hydrogen-bond acceptors (Lipinski definition) is 6. The van der Waals surface area contributed by atoms with E-state index in [1.807, 2.05) is 39.1 Å². The van der Waals surface area contributed by atoms with Crippen LogP contribution < -0.4 is 9.64 Å². The molecule has 0 bridgehead atoms. The Kier molecular flexibility index (Phi) is 8.70. The van der Waals surface area contributed by atoms with Crippen LogP contribution in [0.5, 0.6) is 5.75 Å². The highest BCUT2D eigenvalue weighted by Gasteiger charge is 2.30. The van der Waals surface area contributed by atoms with Gasteiger partial charge in [-0.05, 0) is 63.6 Å². The molecule has 4 rings (SSSR count).